The highest BCUT2D eigenvalue weighted by Gasteiger charge is 2.28. The van der Waals surface area contributed by atoms with Gasteiger partial charge in [0.2, 0.25) is 5.91 Å². The zero-order valence-corrected chi connectivity index (χ0v) is 12.8. The summed E-state index contributed by atoms with van der Waals surface area (Å²) in [4.78, 5) is 14.5. The van der Waals surface area contributed by atoms with Gasteiger partial charge >= 0.3 is 0 Å². The minimum Gasteiger partial charge on any atom is -0.369 e. The Morgan fingerprint density at radius 3 is 2.85 bits per heavy atom. The van der Waals surface area contributed by atoms with Crippen LogP contribution in [-0.4, -0.2) is 34.6 Å². The number of carbonyl (C=O) groups is 1. The second-order valence-electron chi connectivity index (χ2n) is 5.86. The number of hydrogen-bond acceptors (Lipinski definition) is 2. The molecule has 0 saturated carbocycles. The first kappa shape index (κ1) is 15.1. The minimum absolute atomic E-state index is 0.0967. The summed E-state index contributed by atoms with van der Waals surface area (Å²) < 4.78 is 7.62. The van der Waals surface area contributed by atoms with E-state index < -0.39 is 0 Å². The molecule has 2 rings (SSSR count). The molecule has 1 aliphatic heterocycles. The van der Waals surface area contributed by atoms with Crippen molar-refractivity contribution in [1.29, 1.82) is 0 Å². The number of hydrogen-bond donors (Lipinski definition) is 0. The molecule has 1 aromatic rings. The van der Waals surface area contributed by atoms with E-state index in [4.69, 9.17) is 4.74 Å². The highest BCUT2D eigenvalue weighted by molar-refractivity contribution is 5.78. The fourth-order valence-electron chi connectivity index (χ4n) is 2.86. The standard InChI is InChI=1S/C16H26N2O2/c1-13(2)20-12-16(19)18-11-6-4-5-8-15(18)14-9-7-10-17(14)3/h7,9-10,13,15H,4-6,8,11-12H2,1-3H3. The summed E-state index contributed by atoms with van der Waals surface area (Å²) in [5.41, 5.74) is 1.23. The molecule has 1 aliphatic rings. The Balaban J connectivity index is 2.13. The Labute approximate surface area is 121 Å². The third-order valence-electron chi connectivity index (χ3n) is 3.94. The first-order valence-corrected chi connectivity index (χ1v) is 7.62. The summed E-state index contributed by atoms with van der Waals surface area (Å²) in [5, 5.41) is 0. The van der Waals surface area contributed by atoms with Gasteiger partial charge in [0.25, 0.3) is 0 Å². The zero-order chi connectivity index (χ0) is 14.5. The maximum absolute atomic E-state index is 12.5. The predicted octanol–water partition coefficient (Wildman–Crippen LogP) is 2.89. The van der Waals surface area contributed by atoms with E-state index in [0.717, 1.165) is 19.4 Å². The summed E-state index contributed by atoms with van der Waals surface area (Å²) in [5.74, 6) is 0.117. The second kappa shape index (κ2) is 6.93. The lowest BCUT2D eigenvalue weighted by atomic mass is 10.1. The summed E-state index contributed by atoms with van der Waals surface area (Å²) in [6.45, 7) is 4.96. The largest absolute Gasteiger partial charge is 0.369 e. The van der Waals surface area contributed by atoms with E-state index >= 15 is 0 Å². The van der Waals surface area contributed by atoms with E-state index in [1.54, 1.807) is 0 Å². The van der Waals surface area contributed by atoms with E-state index in [0.29, 0.717) is 0 Å². The van der Waals surface area contributed by atoms with E-state index in [1.165, 1.54) is 18.5 Å². The molecule has 1 amide bonds. The SMILES string of the molecule is CC(C)OCC(=O)N1CCCCCC1c1cccn1C. The summed E-state index contributed by atoms with van der Waals surface area (Å²) >= 11 is 0. The van der Waals surface area contributed by atoms with Gasteiger partial charge in [-0.15, -0.1) is 0 Å². The quantitative estimate of drug-likeness (QED) is 0.848. The van der Waals surface area contributed by atoms with Crippen molar-refractivity contribution in [3.8, 4) is 0 Å². The Bertz CT molecular complexity index is 439. The summed E-state index contributed by atoms with van der Waals surface area (Å²) in [6.07, 6.45) is 6.67. The molecular weight excluding hydrogens is 252 g/mol. The molecule has 0 N–H and O–H groups in total. The number of carbonyl (C=O) groups excluding carboxylic acids is 1. The van der Waals surface area contributed by atoms with Gasteiger partial charge in [0.15, 0.2) is 0 Å². The lowest BCUT2D eigenvalue weighted by Gasteiger charge is -2.31. The van der Waals surface area contributed by atoms with Gasteiger partial charge in [-0.2, -0.15) is 0 Å². The molecule has 1 saturated heterocycles. The van der Waals surface area contributed by atoms with Crippen molar-refractivity contribution < 1.29 is 9.53 Å². The smallest absolute Gasteiger partial charge is 0.249 e. The molecule has 0 aromatic carbocycles. The van der Waals surface area contributed by atoms with Gasteiger partial charge < -0.3 is 14.2 Å². The van der Waals surface area contributed by atoms with Crippen molar-refractivity contribution in [2.45, 2.75) is 51.7 Å². The number of ether oxygens (including phenoxy) is 1. The van der Waals surface area contributed by atoms with Crippen molar-refractivity contribution >= 4 is 5.91 Å². The molecule has 1 atom stereocenters. The minimum atomic E-state index is 0.0967. The van der Waals surface area contributed by atoms with Crippen molar-refractivity contribution in [1.82, 2.24) is 9.47 Å². The van der Waals surface area contributed by atoms with E-state index in [2.05, 4.69) is 10.6 Å². The van der Waals surface area contributed by atoms with Crippen molar-refractivity contribution in [3.63, 3.8) is 0 Å². The van der Waals surface area contributed by atoms with Gasteiger partial charge in [-0.25, -0.2) is 0 Å². The van der Waals surface area contributed by atoms with Crippen LogP contribution in [0.2, 0.25) is 0 Å². The fraction of sp³-hybridized carbons (Fsp3) is 0.688. The third-order valence-corrected chi connectivity index (χ3v) is 3.94. The van der Waals surface area contributed by atoms with Crippen molar-refractivity contribution in [3.05, 3.63) is 24.0 Å². The molecule has 2 heterocycles. The van der Waals surface area contributed by atoms with Gasteiger partial charge in [-0.05, 0) is 38.8 Å². The number of rotatable bonds is 4. The number of aromatic nitrogens is 1. The summed E-state index contributed by atoms with van der Waals surface area (Å²) in [6, 6.07) is 4.37. The van der Waals surface area contributed by atoms with Crippen LogP contribution in [0.3, 0.4) is 0 Å². The van der Waals surface area contributed by atoms with Crippen LogP contribution in [0.1, 0.15) is 51.3 Å². The predicted molar refractivity (Wildman–Crippen MR) is 79.4 cm³/mol. The molecule has 4 heteroatoms. The molecule has 1 fully saturated rings. The number of aryl methyl sites for hydroxylation is 1. The Hall–Kier alpha value is -1.29. The van der Waals surface area contributed by atoms with Gasteiger partial charge in [0, 0.05) is 25.5 Å². The normalized spacial score (nSPS) is 20.2. The summed E-state index contributed by atoms with van der Waals surface area (Å²) in [7, 11) is 2.05. The third kappa shape index (κ3) is 3.63. The molecule has 1 unspecified atom stereocenters. The highest BCUT2D eigenvalue weighted by Crippen LogP contribution is 2.30. The van der Waals surface area contributed by atoms with Crippen molar-refractivity contribution in [2.24, 2.45) is 7.05 Å². The van der Waals surface area contributed by atoms with Crippen LogP contribution in [-0.2, 0) is 16.6 Å². The van der Waals surface area contributed by atoms with Crippen LogP contribution in [0.15, 0.2) is 18.3 Å². The van der Waals surface area contributed by atoms with Crippen LogP contribution in [0.5, 0.6) is 0 Å². The highest BCUT2D eigenvalue weighted by atomic mass is 16.5. The van der Waals surface area contributed by atoms with Crippen LogP contribution < -0.4 is 0 Å². The van der Waals surface area contributed by atoms with Crippen LogP contribution >= 0.6 is 0 Å². The average Bonchev–Trinajstić information content (AvgIpc) is 2.69. The number of nitrogens with zero attached hydrogens (tertiary/aromatic N) is 2. The lowest BCUT2D eigenvalue weighted by molar-refractivity contribution is -0.140. The Morgan fingerprint density at radius 2 is 2.20 bits per heavy atom. The molecule has 0 spiro atoms. The van der Waals surface area contributed by atoms with E-state index in [-0.39, 0.29) is 24.7 Å². The van der Waals surface area contributed by atoms with Gasteiger partial charge in [0.05, 0.1) is 12.1 Å². The molecule has 0 radical (unpaired) electrons. The molecule has 1 aromatic heterocycles. The maximum atomic E-state index is 12.5. The number of likely N-dealkylation sites (tertiary alicyclic amines) is 1. The Morgan fingerprint density at radius 1 is 1.40 bits per heavy atom. The van der Waals surface area contributed by atoms with Gasteiger partial charge in [0.1, 0.15) is 6.61 Å². The van der Waals surface area contributed by atoms with Gasteiger partial charge in [-0.1, -0.05) is 12.8 Å². The monoisotopic (exact) mass is 278 g/mol. The Kier molecular flexibility index (Phi) is 5.24. The van der Waals surface area contributed by atoms with Crippen LogP contribution in [0, 0.1) is 0 Å². The first-order chi connectivity index (χ1) is 9.59. The molecule has 0 aliphatic carbocycles. The first-order valence-electron chi connectivity index (χ1n) is 7.62. The second-order valence-corrected chi connectivity index (χ2v) is 5.86. The maximum Gasteiger partial charge on any atom is 0.249 e. The number of amides is 1. The van der Waals surface area contributed by atoms with Crippen LogP contribution in [0.4, 0.5) is 0 Å². The average molecular weight is 278 g/mol. The topological polar surface area (TPSA) is 34.5 Å². The molecule has 20 heavy (non-hydrogen) atoms. The zero-order valence-electron chi connectivity index (χ0n) is 12.8. The fourth-order valence-corrected chi connectivity index (χ4v) is 2.86. The van der Waals surface area contributed by atoms with Crippen molar-refractivity contribution in [2.75, 3.05) is 13.2 Å². The molecular formula is C16H26N2O2. The van der Waals surface area contributed by atoms with Crippen LogP contribution in [0.25, 0.3) is 0 Å². The lowest BCUT2D eigenvalue weighted by Crippen LogP contribution is -2.38. The van der Waals surface area contributed by atoms with E-state index in [1.807, 2.05) is 38.1 Å². The molecule has 112 valence electrons. The molecule has 4 nitrogen and oxygen atoms in total. The molecule has 0 bridgehead atoms. The van der Waals surface area contributed by atoms with E-state index in [9.17, 15) is 4.79 Å². The van der Waals surface area contributed by atoms with Gasteiger partial charge in [-0.3, -0.25) is 4.79 Å².